The molecule has 2 aromatic heterocycles. The third-order valence-electron chi connectivity index (χ3n) is 3.14. The van der Waals surface area contributed by atoms with E-state index in [1.165, 1.54) is 31.5 Å². The van der Waals surface area contributed by atoms with E-state index in [0.29, 0.717) is 0 Å². The molecule has 0 spiro atoms. The van der Waals surface area contributed by atoms with E-state index < -0.39 is 0 Å². The normalized spacial score (nSPS) is 17.3. The lowest BCUT2D eigenvalue weighted by Gasteiger charge is -2.15. The fourth-order valence-electron chi connectivity index (χ4n) is 2.33. The molecule has 4 heteroatoms. The van der Waals surface area contributed by atoms with Crippen LogP contribution in [0.15, 0.2) is 24.7 Å². The lowest BCUT2D eigenvalue weighted by Crippen LogP contribution is -2.18. The van der Waals surface area contributed by atoms with Gasteiger partial charge in [0.25, 0.3) is 0 Å². The first-order valence-electron chi connectivity index (χ1n) is 5.66. The molecule has 0 radical (unpaired) electrons. The van der Waals surface area contributed by atoms with Crippen LogP contribution in [0.3, 0.4) is 0 Å². The average Bonchev–Trinajstić information content (AvgIpc) is 2.87. The van der Waals surface area contributed by atoms with E-state index in [1.54, 1.807) is 6.33 Å². The molecule has 0 N–H and O–H groups in total. The summed E-state index contributed by atoms with van der Waals surface area (Å²) < 4.78 is 1.90. The molecule has 2 aromatic rings. The Balaban J connectivity index is 1.91. The van der Waals surface area contributed by atoms with Crippen molar-refractivity contribution in [3.05, 3.63) is 35.4 Å². The van der Waals surface area contributed by atoms with E-state index in [9.17, 15) is 0 Å². The van der Waals surface area contributed by atoms with Crippen LogP contribution in [0, 0.1) is 0 Å². The van der Waals surface area contributed by atoms with Crippen molar-refractivity contribution in [1.82, 2.24) is 14.3 Å². The third-order valence-corrected chi connectivity index (χ3v) is 3.43. The summed E-state index contributed by atoms with van der Waals surface area (Å²) >= 11 is 6.19. The van der Waals surface area contributed by atoms with Crippen LogP contribution in [0.4, 0.5) is 0 Å². The maximum absolute atomic E-state index is 6.19. The van der Waals surface area contributed by atoms with Crippen molar-refractivity contribution in [3.8, 4) is 0 Å². The van der Waals surface area contributed by atoms with Gasteiger partial charge in [-0.15, -0.1) is 0 Å². The molecule has 1 aliphatic rings. The molecule has 3 rings (SSSR count). The number of pyridine rings is 1. The average molecular weight is 236 g/mol. The van der Waals surface area contributed by atoms with Crippen LogP contribution < -0.4 is 0 Å². The van der Waals surface area contributed by atoms with Gasteiger partial charge in [-0.05, 0) is 43.6 Å². The smallest absolute Gasteiger partial charge is 0.114 e. The number of fused-ring (bicyclic) bond motifs is 1. The van der Waals surface area contributed by atoms with Crippen molar-refractivity contribution in [2.75, 3.05) is 13.1 Å². The van der Waals surface area contributed by atoms with Gasteiger partial charge in [0.1, 0.15) is 11.5 Å². The highest BCUT2D eigenvalue weighted by Crippen LogP contribution is 2.19. The molecule has 1 fully saturated rings. The largest absolute Gasteiger partial charge is 0.299 e. The van der Waals surface area contributed by atoms with Gasteiger partial charge in [-0.25, -0.2) is 4.98 Å². The number of aromatic nitrogens is 2. The standard InChI is InChI=1S/C12H14ClN3/c13-12-6-10(8-15-3-1-2-4-15)5-11-7-14-9-16(11)12/h5-7,9H,1-4,8H2. The Labute approximate surface area is 99.7 Å². The van der Waals surface area contributed by atoms with Crippen LogP contribution in [0.25, 0.3) is 5.52 Å². The molecule has 0 amide bonds. The van der Waals surface area contributed by atoms with Crippen LogP contribution in [0.5, 0.6) is 0 Å². The Morgan fingerprint density at radius 1 is 1.25 bits per heavy atom. The number of imidazole rings is 1. The van der Waals surface area contributed by atoms with Gasteiger partial charge in [0, 0.05) is 6.54 Å². The SMILES string of the molecule is Clc1cc(CN2CCCC2)cc2cncn12. The molecule has 16 heavy (non-hydrogen) atoms. The zero-order chi connectivity index (χ0) is 11.0. The zero-order valence-electron chi connectivity index (χ0n) is 9.06. The second-order valence-electron chi connectivity index (χ2n) is 4.36. The van der Waals surface area contributed by atoms with Gasteiger partial charge in [0.05, 0.1) is 11.7 Å². The van der Waals surface area contributed by atoms with Gasteiger partial charge in [-0.2, -0.15) is 0 Å². The van der Waals surface area contributed by atoms with Crippen molar-refractivity contribution in [1.29, 1.82) is 0 Å². The van der Waals surface area contributed by atoms with E-state index in [2.05, 4.69) is 16.0 Å². The molecule has 1 aliphatic heterocycles. The summed E-state index contributed by atoms with van der Waals surface area (Å²) in [6, 6.07) is 4.20. The molecule has 0 aromatic carbocycles. The van der Waals surface area contributed by atoms with Crippen LogP contribution in [0.2, 0.25) is 5.15 Å². The minimum atomic E-state index is 0.740. The zero-order valence-corrected chi connectivity index (χ0v) is 9.82. The van der Waals surface area contributed by atoms with Gasteiger partial charge in [-0.3, -0.25) is 9.30 Å². The monoisotopic (exact) mass is 235 g/mol. The van der Waals surface area contributed by atoms with Gasteiger partial charge in [0.15, 0.2) is 0 Å². The molecule has 84 valence electrons. The number of hydrogen-bond donors (Lipinski definition) is 0. The molecule has 3 nitrogen and oxygen atoms in total. The number of rotatable bonds is 2. The van der Waals surface area contributed by atoms with Crippen LogP contribution in [-0.4, -0.2) is 27.4 Å². The first kappa shape index (κ1) is 10.1. The summed E-state index contributed by atoms with van der Waals surface area (Å²) in [7, 11) is 0. The molecule has 0 bridgehead atoms. The van der Waals surface area contributed by atoms with Crippen molar-refractivity contribution in [2.24, 2.45) is 0 Å². The number of hydrogen-bond acceptors (Lipinski definition) is 2. The van der Waals surface area contributed by atoms with Crippen molar-refractivity contribution >= 4 is 17.1 Å². The minimum absolute atomic E-state index is 0.740. The maximum atomic E-state index is 6.19. The van der Waals surface area contributed by atoms with E-state index >= 15 is 0 Å². The highest BCUT2D eigenvalue weighted by atomic mass is 35.5. The Bertz CT molecular complexity index is 500. The van der Waals surface area contributed by atoms with Gasteiger partial charge >= 0.3 is 0 Å². The minimum Gasteiger partial charge on any atom is -0.299 e. The lowest BCUT2D eigenvalue weighted by molar-refractivity contribution is 0.331. The summed E-state index contributed by atoms with van der Waals surface area (Å²) in [6.07, 6.45) is 6.24. The molecular formula is C12H14ClN3. The lowest BCUT2D eigenvalue weighted by atomic mass is 10.2. The van der Waals surface area contributed by atoms with Crippen LogP contribution in [0.1, 0.15) is 18.4 Å². The summed E-state index contributed by atoms with van der Waals surface area (Å²) in [6.45, 7) is 3.42. The predicted octanol–water partition coefficient (Wildman–Crippen LogP) is 2.58. The molecular weight excluding hydrogens is 222 g/mol. The summed E-state index contributed by atoms with van der Waals surface area (Å²) in [5.41, 5.74) is 2.35. The molecule has 0 saturated carbocycles. The summed E-state index contributed by atoms with van der Waals surface area (Å²) in [5, 5.41) is 0.740. The maximum Gasteiger partial charge on any atom is 0.114 e. The second kappa shape index (κ2) is 4.07. The summed E-state index contributed by atoms with van der Waals surface area (Å²) in [4.78, 5) is 6.57. The van der Waals surface area contributed by atoms with Crippen molar-refractivity contribution in [2.45, 2.75) is 19.4 Å². The first-order chi connectivity index (χ1) is 7.83. The second-order valence-corrected chi connectivity index (χ2v) is 4.75. The predicted molar refractivity (Wildman–Crippen MR) is 64.7 cm³/mol. The Morgan fingerprint density at radius 3 is 2.88 bits per heavy atom. The fraction of sp³-hybridized carbons (Fsp3) is 0.417. The Hall–Kier alpha value is -1.06. The van der Waals surface area contributed by atoms with Gasteiger partial charge < -0.3 is 0 Å². The Morgan fingerprint density at radius 2 is 2.06 bits per heavy atom. The first-order valence-corrected chi connectivity index (χ1v) is 6.03. The van der Waals surface area contributed by atoms with Crippen LogP contribution >= 0.6 is 11.6 Å². The number of halogens is 1. The van der Waals surface area contributed by atoms with Gasteiger partial charge in [-0.1, -0.05) is 11.6 Å². The quantitative estimate of drug-likeness (QED) is 0.746. The van der Waals surface area contributed by atoms with E-state index in [4.69, 9.17) is 11.6 Å². The number of nitrogens with zero attached hydrogens (tertiary/aromatic N) is 3. The molecule has 0 atom stereocenters. The fourth-order valence-corrected chi connectivity index (χ4v) is 2.62. The topological polar surface area (TPSA) is 20.5 Å². The third kappa shape index (κ3) is 1.81. The summed E-state index contributed by atoms with van der Waals surface area (Å²) in [5.74, 6) is 0. The van der Waals surface area contributed by atoms with E-state index in [-0.39, 0.29) is 0 Å². The van der Waals surface area contributed by atoms with E-state index in [0.717, 1.165) is 17.2 Å². The number of likely N-dealkylation sites (tertiary alicyclic amines) is 1. The molecule has 0 unspecified atom stereocenters. The highest BCUT2D eigenvalue weighted by Gasteiger charge is 2.12. The Kier molecular flexibility index (Phi) is 2.58. The molecule has 0 aliphatic carbocycles. The molecule has 1 saturated heterocycles. The molecule has 3 heterocycles. The van der Waals surface area contributed by atoms with E-state index in [1.807, 2.05) is 16.7 Å². The van der Waals surface area contributed by atoms with Crippen molar-refractivity contribution < 1.29 is 0 Å². The van der Waals surface area contributed by atoms with Crippen molar-refractivity contribution in [3.63, 3.8) is 0 Å². The highest BCUT2D eigenvalue weighted by molar-refractivity contribution is 6.29. The van der Waals surface area contributed by atoms with Crippen LogP contribution in [-0.2, 0) is 6.54 Å². The van der Waals surface area contributed by atoms with Gasteiger partial charge in [0.2, 0.25) is 0 Å².